The van der Waals surface area contributed by atoms with Gasteiger partial charge in [0.05, 0.1) is 22.7 Å². The summed E-state index contributed by atoms with van der Waals surface area (Å²) in [5, 5.41) is 15.3. The third-order valence-electron chi connectivity index (χ3n) is 4.42. The van der Waals surface area contributed by atoms with Crippen LogP contribution in [0.5, 0.6) is 0 Å². The molecule has 6 nitrogen and oxygen atoms in total. The van der Waals surface area contributed by atoms with Crippen molar-refractivity contribution in [1.29, 1.82) is 0 Å². The summed E-state index contributed by atoms with van der Waals surface area (Å²) in [5.74, 6) is -0.739. The quantitative estimate of drug-likeness (QED) is 0.447. The molecule has 0 atom stereocenters. The van der Waals surface area contributed by atoms with Gasteiger partial charge in [-0.15, -0.1) is 10.2 Å². The number of fused-ring (bicyclic) bond motifs is 1. The van der Waals surface area contributed by atoms with E-state index in [1.54, 1.807) is 6.07 Å². The highest BCUT2D eigenvalue weighted by Gasteiger charge is 2.33. The number of amides is 1. The lowest BCUT2D eigenvalue weighted by molar-refractivity contribution is -0.137. The summed E-state index contributed by atoms with van der Waals surface area (Å²) >= 11 is 1.04. The molecule has 0 unspecified atom stereocenters. The van der Waals surface area contributed by atoms with Crippen LogP contribution in [0.1, 0.15) is 11.1 Å². The molecule has 0 aliphatic heterocycles. The number of halogens is 3. The number of nitrogens with zero attached hydrogens (tertiary/aromatic N) is 4. The molecule has 0 saturated carbocycles. The van der Waals surface area contributed by atoms with E-state index in [9.17, 15) is 18.0 Å². The summed E-state index contributed by atoms with van der Waals surface area (Å²) in [4.78, 5) is 12.3. The molecule has 0 spiro atoms. The van der Waals surface area contributed by atoms with E-state index in [-0.39, 0.29) is 11.4 Å². The Labute approximate surface area is 179 Å². The van der Waals surface area contributed by atoms with Crippen LogP contribution in [0, 0.1) is 6.92 Å². The van der Waals surface area contributed by atoms with Crippen molar-refractivity contribution < 1.29 is 18.0 Å². The Morgan fingerprint density at radius 3 is 2.52 bits per heavy atom. The Morgan fingerprint density at radius 1 is 1.03 bits per heavy atom. The van der Waals surface area contributed by atoms with Crippen molar-refractivity contribution in [2.24, 2.45) is 0 Å². The minimum absolute atomic E-state index is 0.149. The highest BCUT2D eigenvalue weighted by atomic mass is 32.2. The molecule has 10 heteroatoms. The number of carbonyl (C=O) groups is 1. The third-order valence-corrected chi connectivity index (χ3v) is 5.34. The Bertz CT molecular complexity index is 1240. The van der Waals surface area contributed by atoms with Crippen molar-refractivity contribution in [2.75, 3.05) is 11.1 Å². The van der Waals surface area contributed by atoms with Crippen molar-refractivity contribution in [3.8, 4) is 11.3 Å². The highest BCUT2D eigenvalue weighted by Crippen LogP contribution is 2.34. The number of anilines is 1. The SMILES string of the molecule is Cc1ccc(-c2ccc3nnc(SCC(=O)Nc4ccccc4C(F)(F)F)n3n2)cc1. The zero-order valence-corrected chi connectivity index (χ0v) is 17.0. The molecule has 158 valence electrons. The molecular formula is C21H16F3N5OS. The van der Waals surface area contributed by atoms with Crippen LogP contribution in [-0.4, -0.2) is 31.5 Å². The van der Waals surface area contributed by atoms with Gasteiger partial charge >= 0.3 is 6.18 Å². The lowest BCUT2D eigenvalue weighted by Crippen LogP contribution is -2.18. The van der Waals surface area contributed by atoms with Crippen LogP contribution < -0.4 is 5.32 Å². The maximum atomic E-state index is 13.1. The van der Waals surface area contributed by atoms with Crippen molar-refractivity contribution >= 4 is 29.0 Å². The summed E-state index contributed by atoms with van der Waals surface area (Å²) in [5.41, 5.74) is 2.07. The van der Waals surface area contributed by atoms with Gasteiger partial charge in [-0.25, -0.2) is 0 Å². The number of hydrogen-bond donors (Lipinski definition) is 1. The first kappa shape index (κ1) is 20.9. The molecule has 2 aromatic heterocycles. The lowest BCUT2D eigenvalue weighted by atomic mass is 10.1. The van der Waals surface area contributed by atoms with E-state index in [0.29, 0.717) is 16.5 Å². The number of nitrogens with one attached hydrogen (secondary N) is 1. The number of thioether (sulfide) groups is 1. The molecule has 4 rings (SSSR count). The summed E-state index contributed by atoms with van der Waals surface area (Å²) in [7, 11) is 0. The van der Waals surface area contributed by atoms with Gasteiger partial charge in [-0.1, -0.05) is 53.7 Å². The van der Waals surface area contributed by atoms with Gasteiger partial charge in [0.1, 0.15) is 0 Å². The van der Waals surface area contributed by atoms with Crippen LogP contribution in [0.3, 0.4) is 0 Å². The van der Waals surface area contributed by atoms with E-state index in [1.807, 2.05) is 37.3 Å². The van der Waals surface area contributed by atoms with Gasteiger partial charge in [-0.2, -0.15) is 22.8 Å². The Morgan fingerprint density at radius 2 is 1.77 bits per heavy atom. The fourth-order valence-corrected chi connectivity index (χ4v) is 3.58. The predicted molar refractivity (Wildman–Crippen MR) is 112 cm³/mol. The van der Waals surface area contributed by atoms with Crippen LogP contribution in [0.4, 0.5) is 18.9 Å². The normalized spacial score (nSPS) is 11.6. The summed E-state index contributed by atoms with van der Waals surface area (Å²) < 4.78 is 40.8. The van der Waals surface area contributed by atoms with Gasteiger partial charge in [0, 0.05) is 5.56 Å². The number of benzene rings is 2. The Balaban J connectivity index is 1.50. The first-order chi connectivity index (χ1) is 14.8. The average molecular weight is 443 g/mol. The summed E-state index contributed by atoms with van der Waals surface area (Å²) in [6.07, 6.45) is -4.56. The number of hydrogen-bond acceptors (Lipinski definition) is 5. The van der Waals surface area contributed by atoms with Crippen LogP contribution in [0.2, 0.25) is 0 Å². The van der Waals surface area contributed by atoms with Gasteiger partial charge in [-0.3, -0.25) is 4.79 Å². The van der Waals surface area contributed by atoms with E-state index in [0.717, 1.165) is 29.0 Å². The highest BCUT2D eigenvalue weighted by molar-refractivity contribution is 7.99. The molecule has 2 heterocycles. The fourth-order valence-electron chi connectivity index (χ4n) is 2.89. The zero-order chi connectivity index (χ0) is 22.0. The molecule has 4 aromatic rings. The van der Waals surface area contributed by atoms with E-state index in [4.69, 9.17) is 0 Å². The average Bonchev–Trinajstić information content (AvgIpc) is 3.15. The fraction of sp³-hybridized carbons (Fsp3) is 0.143. The van der Waals surface area contributed by atoms with Gasteiger partial charge in [0.2, 0.25) is 11.1 Å². The van der Waals surface area contributed by atoms with E-state index >= 15 is 0 Å². The van der Waals surface area contributed by atoms with Crippen molar-refractivity contribution in [1.82, 2.24) is 19.8 Å². The molecule has 1 amide bonds. The second-order valence-electron chi connectivity index (χ2n) is 6.72. The third kappa shape index (κ3) is 4.69. The van der Waals surface area contributed by atoms with Gasteiger partial charge < -0.3 is 5.32 Å². The standard InChI is InChI=1S/C21H16F3N5OS/c1-13-6-8-14(9-7-13)16-10-11-18-26-27-20(29(18)28-16)31-12-19(30)25-17-5-3-2-4-15(17)21(22,23)24/h2-11H,12H2,1H3,(H,25,30). The monoisotopic (exact) mass is 443 g/mol. The number of carbonyl (C=O) groups excluding carboxylic acids is 1. The summed E-state index contributed by atoms with van der Waals surface area (Å²) in [6, 6.07) is 16.3. The molecule has 31 heavy (non-hydrogen) atoms. The molecular weight excluding hydrogens is 427 g/mol. The van der Waals surface area contributed by atoms with E-state index in [2.05, 4.69) is 20.6 Å². The number of para-hydroxylation sites is 1. The van der Waals surface area contributed by atoms with Crippen LogP contribution in [0.25, 0.3) is 16.9 Å². The van der Waals surface area contributed by atoms with Crippen molar-refractivity contribution in [3.63, 3.8) is 0 Å². The Kier molecular flexibility index (Phi) is 5.64. The number of rotatable bonds is 5. The number of aromatic nitrogens is 4. The molecule has 2 aromatic carbocycles. The molecule has 0 bridgehead atoms. The van der Waals surface area contributed by atoms with Crippen LogP contribution in [0.15, 0.2) is 65.8 Å². The zero-order valence-electron chi connectivity index (χ0n) is 16.2. The van der Waals surface area contributed by atoms with Crippen molar-refractivity contribution in [3.05, 3.63) is 71.8 Å². The van der Waals surface area contributed by atoms with Gasteiger partial charge in [-0.05, 0) is 31.2 Å². The first-order valence-electron chi connectivity index (χ1n) is 9.19. The Hall–Kier alpha value is -3.40. The predicted octanol–water partition coefficient (Wildman–Crippen LogP) is 4.85. The molecule has 1 N–H and O–H groups in total. The van der Waals surface area contributed by atoms with Gasteiger partial charge in [0.15, 0.2) is 5.65 Å². The minimum atomic E-state index is -4.56. The number of alkyl halides is 3. The maximum Gasteiger partial charge on any atom is 0.418 e. The number of aryl methyl sites for hydroxylation is 1. The maximum absolute atomic E-state index is 13.1. The topological polar surface area (TPSA) is 72.2 Å². The molecule has 0 fully saturated rings. The lowest BCUT2D eigenvalue weighted by Gasteiger charge is -2.13. The van der Waals surface area contributed by atoms with Crippen LogP contribution >= 0.6 is 11.8 Å². The largest absolute Gasteiger partial charge is 0.418 e. The molecule has 0 aliphatic carbocycles. The van der Waals surface area contributed by atoms with Crippen LogP contribution in [-0.2, 0) is 11.0 Å². The first-order valence-corrected chi connectivity index (χ1v) is 10.2. The second-order valence-corrected chi connectivity index (χ2v) is 7.66. The molecule has 0 aliphatic rings. The van der Waals surface area contributed by atoms with Gasteiger partial charge in [0.25, 0.3) is 0 Å². The van der Waals surface area contributed by atoms with E-state index in [1.165, 1.54) is 22.7 Å². The van der Waals surface area contributed by atoms with Crippen molar-refractivity contribution in [2.45, 2.75) is 18.3 Å². The smallest absolute Gasteiger partial charge is 0.325 e. The molecule has 0 radical (unpaired) electrons. The molecule has 0 saturated heterocycles. The second kappa shape index (κ2) is 8.38. The minimum Gasteiger partial charge on any atom is -0.325 e. The van der Waals surface area contributed by atoms with E-state index < -0.39 is 17.6 Å². The summed E-state index contributed by atoms with van der Waals surface area (Å²) in [6.45, 7) is 1.99.